The van der Waals surface area contributed by atoms with Crippen molar-refractivity contribution in [2.24, 2.45) is 17.8 Å². The predicted molar refractivity (Wildman–Crippen MR) is 85.8 cm³/mol. The van der Waals surface area contributed by atoms with Gasteiger partial charge in [-0.2, -0.15) is 0 Å². The summed E-state index contributed by atoms with van der Waals surface area (Å²) in [5.74, 6) is 2.47. The second-order valence-corrected chi connectivity index (χ2v) is 8.16. The third-order valence-corrected chi connectivity index (χ3v) is 5.84. The fourth-order valence-corrected chi connectivity index (χ4v) is 4.79. The minimum atomic E-state index is 0.0755. The maximum Gasteiger partial charge on any atom is 0.241 e. The molecule has 4 unspecified atom stereocenters. The number of nitrogens with zero attached hydrogens (tertiary/aromatic N) is 1. The average Bonchev–Trinajstić information content (AvgIpc) is 3.11. The molecule has 4 atom stereocenters. The zero-order valence-corrected chi connectivity index (χ0v) is 14.0. The molecular formula is C18H32N2O. The zero-order valence-electron chi connectivity index (χ0n) is 14.0. The summed E-state index contributed by atoms with van der Waals surface area (Å²) in [6.07, 6.45) is 10.3. The molecule has 3 rings (SSSR count). The first-order valence-corrected chi connectivity index (χ1v) is 9.14. The number of hydrogen-bond donors (Lipinski definition) is 1. The second kappa shape index (κ2) is 6.28. The lowest BCUT2D eigenvalue weighted by molar-refractivity contribution is -0.133. The van der Waals surface area contributed by atoms with Crippen LogP contribution in [0.2, 0.25) is 0 Å². The van der Waals surface area contributed by atoms with Crippen molar-refractivity contribution in [3.63, 3.8) is 0 Å². The number of rotatable bonds is 4. The van der Waals surface area contributed by atoms with Gasteiger partial charge in [-0.25, -0.2) is 0 Å². The van der Waals surface area contributed by atoms with Crippen molar-refractivity contribution in [3.8, 4) is 0 Å². The fraction of sp³-hybridized carbons (Fsp3) is 0.944. The minimum absolute atomic E-state index is 0.0755. The van der Waals surface area contributed by atoms with E-state index in [2.05, 4.69) is 31.0 Å². The topological polar surface area (TPSA) is 32.3 Å². The van der Waals surface area contributed by atoms with Crippen LogP contribution in [0.5, 0.6) is 0 Å². The minimum Gasteiger partial charge on any atom is -0.323 e. The van der Waals surface area contributed by atoms with E-state index >= 15 is 0 Å². The Balaban J connectivity index is 1.76. The Hall–Kier alpha value is -0.570. The van der Waals surface area contributed by atoms with Crippen molar-refractivity contribution in [3.05, 3.63) is 0 Å². The average molecular weight is 292 g/mol. The molecule has 0 aromatic carbocycles. The molecule has 1 heterocycles. The van der Waals surface area contributed by atoms with Gasteiger partial charge in [-0.3, -0.25) is 10.1 Å². The summed E-state index contributed by atoms with van der Waals surface area (Å²) in [5, 5.41) is 3.73. The highest BCUT2D eigenvalue weighted by Gasteiger charge is 2.47. The number of amides is 1. The van der Waals surface area contributed by atoms with Crippen LogP contribution in [-0.2, 0) is 4.79 Å². The Morgan fingerprint density at radius 1 is 1.19 bits per heavy atom. The summed E-state index contributed by atoms with van der Waals surface area (Å²) in [4.78, 5) is 15.3. The van der Waals surface area contributed by atoms with E-state index in [0.717, 1.165) is 12.3 Å². The lowest BCUT2D eigenvalue weighted by Crippen LogP contribution is -2.47. The normalized spacial score (nSPS) is 38.1. The van der Waals surface area contributed by atoms with Gasteiger partial charge in [0.15, 0.2) is 0 Å². The summed E-state index contributed by atoms with van der Waals surface area (Å²) < 4.78 is 0. The molecule has 1 saturated heterocycles. The van der Waals surface area contributed by atoms with Crippen LogP contribution < -0.4 is 5.32 Å². The van der Waals surface area contributed by atoms with Gasteiger partial charge in [0.25, 0.3) is 0 Å². The first kappa shape index (κ1) is 15.3. The summed E-state index contributed by atoms with van der Waals surface area (Å²) >= 11 is 0. The number of carbonyl (C=O) groups is 1. The predicted octanol–water partition coefficient (Wildman–Crippen LogP) is 3.54. The molecule has 1 N–H and O–H groups in total. The van der Waals surface area contributed by atoms with Crippen molar-refractivity contribution in [1.82, 2.24) is 10.2 Å². The van der Waals surface area contributed by atoms with E-state index in [-0.39, 0.29) is 6.04 Å². The van der Waals surface area contributed by atoms with Crippen LogP contribution in [0.3, 0.4) is 0 Å². The molecule has 3 heteroatoms. The summed E-state index contributed by atoms with van der Waals surface area (Å²) in [7, 11) is 0. The Morgan fingerprint density at radius 3 is 2.48 bits per heavy atom. The molecule has 0 radical (unpaired) electrons. The van der Waals surface area contributed by atoms with E-state index in [4.69, 9.17) is 0 Å². The number of nitrogens with one attached hydrogen (secondary N) is 1. The lowest BCUT2D eigenvalue weighted by atomic mass is 10.0. The van der Waals surface area contributed by atoms with Gasteiger partial charge in [0.05, 0.1) is 12.2 Å². The van der Waals surface area contributed by atoms with Gasteiger partial charge in [-0.15, -0.1) is 0 Å². The van der Waals surface area contributed by atoms with E-state index in [1.807, 2.05) is 0 Å². The maximum atomic E-state index is 13.0. The molecule has 21 heavy (non-hydrogen) atoms. The van der Waals surface area contributed by atoms with E-state index in [9.17, 15) is 4.79 Å². The monoisotopic (exact) mass is 292 g/mol. The van der Waals surface area contributed by atoms with Gasteiger partial charge in [0, 0.05) is 6.04 Å². The molecule has 3 aliphatic rings. The molecule has 0 spiro atoms. The van der Waals surface area contributed by atoms with Crippen LogP contribution in [0.1, 0.15) is 72.1 Å². The Morgan fingerprint density at radius 2 is 1.90 bits per heavy atom. The molecule has 0 aromatic rings. The lowest BCUT2D eigenvalue weighted by Gasteiger charge is -2.34. The molecule has 1 aliphatic heterocycles. The molecule has 3 fully saturated rings. The Bertz CT molecular complexity index is 375. The zero-order chi connectivity index (χ0) is 15.0. The molecule has 3 nitrogen and oxygen atoms in total. The molecule has 1 amide bonds. The standard InChI is InChI=1S/C18H32N2O/c1-12(2)10-16-18(21)20(15-9-8-13(3)11-15)17(19-16)14-6-4-5-7-14/h12-17,19H,4-11H2,1-3H3. The molecule has 0 bridgehead atoms. The quantitative estimate of drug-likeness (QED) is 0.859. The van der Waals surface area contributed by atoms with Crippen LogP contribution in [0.15, 0.2) is 0 Å². The first-order valence-electron chi connectivity index (χ1n) is 9.14. The number of hydrogen-bond acceptors (Lipinski definition) is 2. The van der Waals surface area contributed by atoms with Crippen LogP contribution in [-0.4, -0.2) is 29.1 Å². The van der Waals surface area contributed by atoms with Crippen molar-refractivity contribution in [2.75, 3.05) is 0 Å². The van der Waals surface area contributed by atoms with Crippen molar-refractivity contribution in [1.29, 1.82) is 0 Å². The second-order valence-electron chi connectivity index (χ2n) is 8.16. The van der Waals surface area contributed by atoms with Crippen molar-refractivity contribution >= 4 is 5.91 Å². The third-order valence-electron chi connectivity index (χ3n) is 5.84. The van der Waals surface area contributed by atoms with E-state index in [1.54, 1.807) is 0 Å². The van der Waals surface area contributed by atoms with Crippen LogP contribution in [0.4, 0.5) is 0 Å². The molecule has 2 aliphatic carbocycles. The molecule has 0 aromatic heterocycles. The van der Waals surface area contributed by atoms with Gasteiger partial charge < -0.3 is 4.90 Å². The van der Waals surface area contributed by atoms with E-state index in [0.29, 0.717) is 30.0 Å². The van der Waals surface area contributed by atoms with Gasteiger partial charge in [-0.1, -0.05) is 33.6 Å². The van der Waals surface area contributed by atoms with Crippen LogP contribution in [0, 0.1) is 17.8 Å². The van der Waals surface area contributed by atoms with Gasteiger partial charge in [0.1, 0.15) is 0 Å². The maximum absolute atomic E-state index is 13.0. The fourth-order valence-electron chi connectivity index (χ4n) is 4.79. The van der Waals surface area contributed by atoms with E-state index < -0.39 is 0 Å². The summed E-state index contributed by atoms with van der Waals surface area (Å²) in [6, 6.07) is 0.578. The highest BCUT2D eigenvalue weighted by atomic mass is 16.2. The smallest absolute Gasteiger partial charge is 0.241 e. The van der Waals surface area contributed by atoms with Gasteiger partial charge in [-0.05, 0) is 56.3 Å². The molecular weight excluding hydrogens is 260 g/mol. The van der Waals surface area contributed by atoms with Gasteiger partial charge >= 0.3 is 0 Å². The van der Waals surface area contributed by atoms with Crippen molar-refractivity contribution < 1.29 is 4.79 Å². The number of carbonyl (C=O) groups excluding carboxylic acids is 1. The highest BCUT2D eigenvalue weighted by Crippen LogP contribution is 2.38. The first-order chi connectivity index (χ1) is 10.1. The largest absolute Gasteiger partial charge is 0.323 e. The van der Waals surface area contributed by atoms with Crippen LogP contribution in [0.25, 0.3) is 0 Å². The van der Waals surface area contributed by atoms with Crippen LogP contribution >= 0.6 is 0 Å². The van der Waals surface area contributed by atoms with E-state index in [1.165, 1.54) is 44.9 Å². The van der Waals surface area contributed by atoms with Gasteiger partial charge in [0.2, 0.25) is 5.91 Å². The highest BCUT2D eigenvalue weighted by molar-refractivity contribution is 5.84. The Labute approximate surface area is 129 Å². The Kier molecular flexibility index (Phi) is 4.58. The van der Waals surface area contributed by atoms with Crippen molar-refractivity contribution in [2.45, 2.75) is 90.4 Å². The summed E-state index contributed by atoms with van der Waals surface area (Å²) in [5.41, 5.74) is 0. The molecule has 120 valence electrons. The summed E-state index contributed by atoms with van der Waals surface area (Å²) in [6.45, 7) is 6.78. The third kappa shape index (κ3) is 3.13. The molecule has 2 saturated carbocycles. The SMILES string of the molecule is CC(C)CC1NC(C2CCCC2)N(C2CCC(C)C2)C1=O.